The quantitative estimate of drug-likeness (QED) is 0.377. The molecule has 0 spiro atoms. The Hall–Kier alpha value is -0.620. The van der Waals surface area contributed by atoms with Crippen LogP contribution in [-0.4, -0.2) is 41.2 Å². The van der Waals surface area contributed by atoms with Gasteiger partial charge in [-0.2, -0.15) is 0 Å². The zero-order valence-corrected chi connectivity index (χ0v) is 22.6. The minimum absolute atomic E-state index is 0.0520. The second kappa shape index (κ2) is 9.44. The molecule has 33 heavy (non-hydrogen) atoms. The Bertz CT molecular complexity index is 757. The first-order valence-corrected chi connectivity index (χ1v) is 14.0. The number of esters is 2. The Kier molecular flexibility index (Phi) is 7.29. The second-order valence-corrected chi connectivity index (χ2v) is 13.2. The van der Waals surface area contributed by atoms with Crippen LogP contribution in [0.25, 0.3) is 0 Å². The minimum Gasteiger partial charge on any atom is -0.469 e. The molecule has 0 aromatic carbocycles. The maximum Gasteiger partial charge on any atom is 0.305 e. The van der Waals surface area contributed by atoms with Gasteiger partial charge in [-0.05, 0) is 92.3 Å². The predicted molar refractivity (Wildman–Crippen MR) is 131 cm³/mol. The molecule has 0 aliphatic heterocycles. The van der Waals surface area contributed by atoms with Gasteiger partial charge in [0.25, 0.3) is 0 Å². The van der Waals surface area contributed by atoms with E-state index in [1.165, 1.54) is 33.3 Å². The highest BCUT2D eigenvalue weighted by molar-refractivity contribution is 9.09. The summed E-state index contributed by atoms with van der Waals surface area (Å²) in [5, 5.41) is 11.9. The number of fused-ring (bicyclic) bond motifs is 5. The maximum absolute atomic E-state index is 11.9. The average Bonchev–Trinajstić information content (AvgIpc) is 3.13. The van der Waals surface area contributed by atoms with Gasteiger partial charge in [0.05, 0.1) is 13.2 Å². The van der Waals surface area contributed by atoms with Gasteiger partial charge in [0.1, 0.15) is 6.10 Å². The molecular weight excluding hydrogens is 484 g/mol. The lowest BCUT2D eigenvalue weighted by molar-refractivity contribution is -0.176. The van der Waals surface area contributed by atoms with Gasteiger partial charge >= 0.3 is 11.9 Å². The topological polar surface area (TPSA) is 72.8 Å². The number of alkyl halides is 1. The lowest BCUT2D eigenvalue weighted by atomic mass is 9.43. The first kappa shape index (κ1) is 25.5. The van der Waals surface area contributed by atoms with Gasteiger partial charge < -0.3 is 14.6 Å². The first-order chi connectivity index (χ1) is 15.5. The van der Waals surface area contributed by atoms with Crippen LogP contribution >= 0.6 is 15.9 Å². The summed E-state index contributed by atoms with van der Waals surface area (Å²) in [5.74, 6) is 2.64. The molecule has 6 heteroatoms. The van der Waals surface area contributed by atoms with Gasteiger partial charge in [0, 0.05) is 23.6 Å². The zero-order chi connectivity index (χ0) is 24.1. The minimum atomic E-state index is -0.390. The molecule has 4 aliphatic carbocycles. The molecule has 0 saturated heterocycles. The van der Waals surface area contributed by atoms with E-state index in [2.05, 4.69) is 36.7 Å². The van der Waals surface area contributed by atoms with Gasteiger partial charge in [-0.3, -0.25) is 9.59 Å². The summed E-state index contributed by atoms with van der Waals surface area (Å²) in [6.45, 7) is 8.57. The predicted octanol–water partition coefficient (Wildman–Crippen LogP) is 5.51. The van der Waals surface area contributed by atoms with Crippen molar-refractivity contribution in [1.29, 1.82) is 0 Å². The lowest BCUT2D eigenvalue weighted by Crippen LogP contribution is -2.63. The van der Waals surface area contributed by atoms with Gasteiger partial charge in [-0.25, -0.2) is 0 Å². The van der Waals surface area contributed by atoms with E-state index in [0.717, 1.165) is 32.1 Å². The van der Waals surface area contributed by atoms with E-state index in [1.807, 2.05) is 0 Å². The number of carbonyl (C=O) groups is 2. The number of methoxy groups -OCH3 is 1. The highest BCUT2D eigenvalue weighted by atomic mass is 79.9. The van der Waals surface area contributed by atoms with Crippen LogP contribution in [0.5, 0.6) is 0 Å². The standard InChI is InChI=1S/C27H43BrO5/c1-15(6-11-22(30)32-5)20-9-10-21-19-8-7-17-14-18(33-16(2)29)12-13-26(17,3)23(19)24(28)25(31)27(20,21)4/h15,17-21,23-25,31H,6-14H2,1-5H3/t15-,17?,18-,19+,20-,21+,23-,24+,25-,26+,27-/m1/s1. The van der Waals surface area contributed by atoms with Crippen molar-refractivity contribution in [3.63, 3.8) is 0 Å². The average molecular weight is 528 g/mol. The number of aliphatic hydroxyl groups is 1. The van der Waals surface area contributed by atoms with Crippen molar-refractivity contribution in [2.45, 2.75) is 103 Å². The van der Waals surface area contributed by atoms with Crippen LogP contribution in [0.15, 0.2) is 0 Å². The number of hydrogen-bond donors (Lipinski definition) is 1. The Balaban J connectivity index is 1.55. The number of ether oxygens (including phenoxy) is 2. The van der Waals surface area contributed by atoms with E-state index in [-0.39, 0.29) is 33.7 Å². The van der Waals surface area contributed by atoms with Crippen LogP contribution < -0.4 is 0 Å². The second-order valence-electron chi connectivity index (χ2n) is 12.1. The van der Waals surface area contributed by atoms with Gasteiger partial charge in [-0.15, -0.1) is 0 Å². The molecular formula is C27H43BrO5. The monoisotopic (exact) mass is 526 g/mol. The van der Waals surface area contributed by atoms with Crippen LogP contribution in [0.1, 0.15) is 85.5 Å². The van der Waals surface area contributed by atoms with Crippen LogP contribution in [0.3, 0.4) is 0 Å². The van der Waals surface area contributed by atoms with E-state index in [4.69, 9.17) is 9.47 Å². The largest absolute Gasteiger partial charge is 0.469 e. The molecule has 4 rings (SSSR count). The number of carbonyl (C=O) groups excluding carboxylic acids is 2. The summed E-state index contributed by atoms with van der Waals surface area (Å²) in [7, 11) is 1.46. The van der Waals surface area contributed by atoms with Crippen molar-refractivity contribution in [2.24, 2.45) is 46.3 Å². The maximum atomic E-state index is 11.9. The summed E-state index contributed by atoms with van der Waals surface area (Å²) < 4.78 is 10.5. The fourth-order valence-electron chi connectivity index (χ4n) is 9.18. The Morgan fingerprint density at radius 2 is 1.88 bits per heavy atom. The van der Waals surface area contributed by atoms with Crippen molar-refractivity contribution in [3.05, 3.63) is 0 Å². The summed E-state index contributed by atoms with van der Waals surface area (Å²) >= 11 is 4.06. The molecule has 0 heterocycles. The van der Waals surface area contributed by atoms with Crippen molar-refractivity contribution in [2.75, 3.05) is 7.11 Å². The number of rotatable bonds is 5. The summed E-state index contributed by atoms with van der Waals surface area (Å²) in [5.41, 5.74) is 0.0492. The molecule has 5 nitrogen and oxygen atoms in total. The Morgan fingerprint density at radius 1 is 1.15 bits per heavy atom. The molecule has 11 atom stereocenters. The number of hydrogen-bond acceptors (Lipinski definition) is 5. The van der Waals surface area contributed by atoms with Crippen LogP contribution in [0.4, 0.5) is 0 Å². The Morgan fingerprint density at radius 3 is 2.55 bits per heavy atom. The normalized spacial score (nSPS) is 47.6. The SMILES string of the molecule is COC(=O)CC[C@@H](C)[C@H]1CC[C@H]2[C@@H]3CCC4C[C@H](OC(C)=O)CC[C@]4(C)[C@H]3[C@H](Br)[C@@H](O)[C@]12C. The number of halogens is 1. The molecule has 4 aliphatic rings. The molecule has 188 valence electrons. The fraction of sp³-hybridized carbons (Fsp3) is 0.926. The number of aliphatic hydroxyl groups excluding tert-OH is 1. The summed E-state index contributed by atoms with van der Waals surface area (Å²) in [6, 6.07) is 0. The molecule has 1 N–H and O–H groups in total. The first-order valence-electron chi connectivity index (χ1n) is 13.1. The van der Waals surface area contributed by atoms with Gasteiger partial charge in [-0.1, -0.05) is 36.7 Å². The van der Waals surface area contributed by atoms with E-state index in [9.17, 15) is 14.7 Å². The van der Waals surface area contributed by atoms with E-state index >= 15 is 0 Å². The van der Waals surface area contributed by atoms with Crippen molar-refractivity contribution in [3.8, 4) is 0 Å². The summed E-state index contributed by atoms with van der Waals surface area (Å²) in [6.07, 6.45) is 8.62. The molecule has 0 amide bonds. The highest BCUT2D eigenvalue weighted by Crippen LogP contribution is 2.69. The van der Waals surface area contributed by atoms with Gasteiger partial charge in [0.15, 0.2) is 0 Å². The molecule has 0 aromatic rings. The van der Waals surface area contributed by atoms with E-state index in [1.54, 1.807) is 0 Å². The van der Waals surface area contributed by atoms with Crippen LogP contribution in [0.2, 0.25) is 0 Å². The molecule has 4 saturated carbocycles. The van der Waals surface area contributed by atoms with Crippen molar-refractivity contribution < 1.29 is 24.2 Å². The summed E-state index contributed by atoms with van der Waals surface area (Å²) in [4.78, 5) is 23.4. The Labute approximate surface area is 207 Å². The molecule has 1 unspecified atom stereocenters. The third-order valence-electron chi connectivity index (χ3n) is 10.8. The van der Waals surface area contributed by atoms with E-state index < -0.39 is 6.10 Å². The molecule has 0 aromatic heterocycles. The smallest absolute Gasteiger partial charge is 0.305 e. The molecule has 4 fully saturated rings. The van der Waals surface area contributed by atoms with Crippen molar-refractivity contribution in [1.82, 2.24) is 0 Å². The highest BCUT2D eigenvalue weighted by Gasteiger charge is 2.66. The zero-order valence-electron chi connectivity index (χ0n) is 21.0. The molecule has 0 bridgehead atoms. The van der Waals surface area contributed by atoms with Gasteiger partial charge in [0.2, 0.25) is 0 Å². The third kappa shape index (κ3) is 4.19. The third-order valence-corrected chi connectivity index (χ3v) is 11.9. The lowest BCUT2D eigenvalue weighted by Gasteiger charge is -2.64. The van der Waals surface area contributed by atoms with Crippen LogP contribution in [-0.2, 0) is 19.1 Å². The van der Waals surface area contributed by atoms with E-state index in [0.29, 0.717) is 41.9 Å². The van der Waals surface area contributed by atoms with Crippen LogP contribution in [0, 0.1) is 46.3 Å². The van der Waals surface area contributed by atoms with Crippen molar-refractivity contribution >= 4 is 27.9 Å². The fourth-order valence-corrected chi connectivity index (χ4v) is 10.7. The molecule has 0 radical (unpaired) electrons.